The minimum absolute atomic E-state index is 0.293. The maximum absolute atomic E-state index is 11.0. The number of hydrogen-bond donors (Lipinski definition) is 3. The molecule has 1 unspecified atom stereocenters. The first-order valence-electron chi connectivity index (χ1n) is 5.35. The van der Waals surface area contributed by atoms with Gasteiger partial charge in [0, 0.05) is 6.42 Å². The predicted molar refractivity (Wildman–Crippen MR) is 63.5 cm³/mol. The van der Waals surface area contributed by atoms with Gasteiger partial charge in [-0.05, 0) is 18.6 Å². The second-order valence-electron chi connectivity index (χ2n) is 3.89. The highest BCUT2D eigenvalue weighted by molar-refractivity contribution is 5.77. The van der Waals surface area contributed by atoms with E-state index >= 15 is 0 Å². The van der Waals surface area contributed by atoms with E-state index in [1.807, 2.05) is 0 Å². The normalized spacial score (nSPS) is 13.7. The standard InChI is InChI=1S/C12H15NO5/c1-7-4-2-3-5-9(7)18-10(12(16)17)6-8(13)11(14)15/h2-5,8,10H,6,13H2,1H3,(H,14,15)(H,16,17)/t8-,10?/m0/s1. The van der Waals surface area contributed by atoms with Crippen molar-refractivity contribution in [1.82, 2.24) is 0 Å². The topological polar surface area (TPSA) is 110 Å². The van der Waals surface area contributed by atoms with Gasteiger partial charge in [0.2, 0.25) is 0 Å². The Morgan fingerprint density at radius 1 is 1.28 bits per heavy atom. The summed E-state index contributed by atoms with van der Waals surface area (Å²) in [4.78, 5) is 21.6. The Morgan fingerprint density at radius 2 is 1.89 bits per heavy atom. The highest BCUT2D eigenvalue weighted by Gasteiger charge is 2.26. The number of aliphatic carboxylic acids is 2. The molecule has 18 heavy (non-hydrogen) atoms. The van der Waals surface area contributed by atoms with Gasteiger partial charge in [-0.25, -0.2) is 4.79 Å². The largest absolute Gasteiger partial charge is 0.480 e. The molecule has 6 nitrogen and oxygen atoms in total. The van der Waals surface area contributed by atoms with Crippen LogP contribution in [0.5, 0.6) is 5.75 Å². The smallest absolute Gasteiger partial charge is 0.344 e. The molecule has 0 aliphatic carbocycles. The second kappa shape index (κ2) is 6.02. The maximum atomic E-state index is 11.0. The van der Waals surface area contributed by atoms with E-state index in [0.29, 0.717) is 5.75 Å². The van der Waals surface area contributed by atoms with Crippen LogP contribution in [0, 0.1) is 6.92 Å². The van der Waals surface area contributed by atoms with Crippen molar-refractivity contribution in [3.05, 3.63) is 29.8 Å². The molecule has 98 valence electrons. The first kappa shape index (κ1) is 14.0. The van der Waals surface area contributed by atoms with Crippen LogP contribution >= 0.6 is 0 Å². The van der Waals surface area contributed by atoms with Gasteiger partial charge in [0.25, 0.3) is 0 Å². The molecule has 0 fully saturated rings. The Labute approximate surface area is 104 Å². The first-order chi connectivity index (χ1) is 8.41. The van der Waals surface area contributed by atoms with Crippen molar-refractivity contribution in [2.45, 2.75) is 25.5 Å². The summed E-state index contributed by atoms with van der Waals surface area (Å²) in [5, 5.41) is 17.6. The summed E-state index contributed by atoms with van der Waals surface area (Å²) in [7, 11) is 0. The SMILES string of the molecule is Cc1ccccc1OC(C[C@H](N)C(=O)O)C(=O)O. The summed E-state index contributed by atoms with van der Waals surface area (Å²) >= 11 is 0. The van der Waals surface area contributed by atoms with E-state index in [4.69, 9.17) is 20.7 Å². The summed E-state index contributed by atoms with van der Waals surface area (Å²) in [5.41, 5.74) is 6.07. The molecule has 0 aliphatic rings. The van der Waals surface area contributed by atoms with Crippen LogP contribution in [0.1, 0.15) is 12.0 Å². The first-order valence-corrected chi connectivity index (χ1v) is 5.35. The number of carbonyl (C=O) groups is 2. The van der Waals surface area contributed by atoms with Gasteiger partial charge in [-0.2, -0.15) is 0 Å². The van der Waals surface area contributed by atoms with Crippen LogP contribution in [0.2, 0.25) is 0 Å². The van der Waals surface area contributed by atoms with Gasteiger partial charge in [-0.15, -0.1) is 0 Å². The summed E-state index contributed by atoms with van der Waals surface area (Å²) in [6.07, 6.45) is -1.57. The fourth-order valence-corrected chi connectivity index (χ4v) is 1.37. The number of benzene rings is 1. The van der Waals surface area contributed by atoms with Gasteiger partial charge in [-0.3, -0.25) is 4.79 Å². The number of nitrogens with two attached hydrogens (primary N) is 1. The molecule has 1 rings (SSSR count). The molecular weight excluding hydrogens is 238 g/mol. The summed E-state index contributed by atoms with van der Waals surface area (Å²) in [6.45, 7) is 1.77. The lowest BCUT2D eigenvalue weighted by atomic mass is 10.1. The van der Waals surface area contributed by atoms with Crippen LogP contribution in [0.3, 0.4) is 0 Å². The maximum Gasteiger partial charge on any atom is 0.344 e. The Morgan fingerprint density at radius 3 is 2.39 bits per heavy atom. The Hall–Kier alpha value is -2.08. The molecule has 0 aliphatic heterocycles. The quantitative estimate of drug-likeness (QED) is 0.685. The predicted octanol–water partition coefficient (Wildman–Crippen LogP) is 0.629. The molecule has 0 heterocycles. The number of ether oxygens (including phenoxy) is 1. The Kier molecular flexibility index (Phi) is 4.67. The summed E-state index contributed by atoms with van der Waals surface area (Å²) in [6, 6.07) is 5.62. The van der Waals surface area contributed by atoms with E-state index in [-0.39, 0.29) is 6.42 Å². The number of carboxylic acids is 2. The third-order valence-corrected chi connectivity index (χ3v) is 2.42. The number of aryl methyl sites for hydroxylation is 1. The van der Waals surface area contributed by atoms with Crippen molar-refractivity contribution in [3.63, 3.8) is 0 Å². The van der Waals surface area contributed by atoms with Crippen molar-refractivity contribution in [3.8, 4) is 5.75 Å². The van der Waals surface area contributed by atoms with Gasteiger partial charge in [0.15, 0.2) is 6.10 Å². The van der Waals surface area contributed by atoms with Crippen LogP contribution in [0.25, 0.3) is 0 Å². The third kappa shape index (κ3) is 3.74. The number of hydrogen-bond acceptors (Lipinski definition) is 4. The second-order valence-corrected chi connectivity index (χ2v) is 3.89. The van der Waals surface area contributed by atoms with Crippen molar-refractivity contribution in [2.24, 2.45) is 5.73 Å². The lowest BCUT2D eigenvalue weighted by Crippen LogP contribution is -2.39. The van der Waals surface area contributed by atoms with Crippen molar-refractivity contribution >= 4 is 11.9 Å². The van der Waals surface area contributed by atoms with Crippen molar-refractivity contribution in [2.75, 3.05) is 0 Å². The molecule has 0 saturated heterocycles. The van der Waals surface area contributed by atoms with E-state index in [2.05, 4.69) is 0 Å². The van der Waals surface area contributed by atoms with E-state index in [1.165, 1.54) is 0 Å². The molecule has 1 aromatic carbocycles. The molecule has 2 atom stereocenters. The monoisotopic (exact) mass is 253 g/mol. The van der Waals surface area contributed by atoms with Crippen LogP contribution in [0.4, 0.5) is 0 Å². The fraction of sp³-hybridized carbons (Fsp3) is 0.333. The lowest BCUT2D eigenvalue weighted by molar-refractivity contribution is -0.146. The van der Waals surface area contributed by atoms with Crippen LogP contribution in [-0.2, 0) is 9.59 Å². The third-order valence-electron chi connectivity index (χ3n) is 2.42. The van der Waals surface area contributed by atoms with Gasteiger partial charge >= 0.3 is 11.9 Å². The van der Waals surface area contributed by atoms with Crippen LogP contribution in [0.15, 0.2) is 24.3 Å². The zero-order valence-electron chi connectivity index (χ0n) is 9.87. The Bertz CT molecular complexity index is 446. The van der Waals surface area contributed by atoms with E-state index < -0.39 is 24.1 Å². The molecular formula is C12H15NO5. The number of rotatable bonds is 6. The molecule has 0 spiro atoms. The molecule has 4 N–H and O–H groups in total. The zero-order valence-corrected chi connectivity index (χ0v) is 9.87. The molecule has 0 bridgehead atoms. The van der Waals surface area contributed by atoms with Crippen LogP contribution < -0.4 is 10.5 Å². The number of para-hydroxylation sites is 1. The lowest BCUT2D eigenvalue weighted by Gasteiger charge is -2.18. The molecule has 1 aromatic rings. The van der Waals surface area contributed by atoms with Gasteiger partial charge in [-0.1, -0.05) is 18.2 Å². The number of carboxylic acid groups (broad SMARTS) is 2. The fourth-order valence-electron chi connectivity index (χ4n) is 1.37. The van der Waals surface area contributed by atoms with E-state index in [1.54, 1.807) is 31.2 Å². The average molecular weight is 253 g/mol. The minimum atomic E-state index is -1.28. The van der Waals surface area contributed by atoms with Crippen molar-refractivity contribution in [1.29, 1.82) is 0 Å². The van der Waals surface area contributed by atoms with E-state index in [9.17, 15) is 9.59 Å². The van der Waals surface area contributed by atoms with E-state index in [0.717, 1.165) is 5.56 Å². The van der Waals surface area contributed by atoms with Gasteiger partial charge < -0.3 is 20.7 Å². The Balaban J connectivity index is 2.78. The molecule has 6 heteroatoms. The average Bonchev–Trinajstić information content (AvgIpc) is 2.30. The van der Waals surface area contributed by atoms with Crippen LogP contribution in [-0.4, -0.2) is 34.3 Å². The van der Waals surface area contributed by atoms with Crippen molar-refractivity contribution < 1.29 is 24.5 Å². The summed E-state index contributed by atoms with van der Waals surface area (Å²) in [5.74, 6) is -2.09. The summed E-state index contributed by atoms with van der Waals surface area (Å²) < 4.78 is 5.28. The van der Waals surface area contributed by atoms with Gasteiger partial charge in [0.1, 0.15) is 11.8 Å². The highest BCUT2D eigenvalue weighted by Crippen LogP contribution is 2.19. The minimum Gasteiger partial charge on any atom is -0.480 e. The van der Waals surface area contributed by atoms with Gasteiger partial charge in [0.05, 0.1) is 0 Å². The molecule has 0 amide bonds. The highest BCUT2D eigenvalue weighted by atomic mass is 16.5. The zero-order chi connectivity index (χ0) is 13.7. The molecule has 0 aromatic heterocycles. The molecule has 0 radical (unpaired) electrons. The molecule has 0 saturated carbocycles.